The van der Waals surface area contributed by atoms with Crippen LogP contribution in [0, 0.1) is 0 Å². The van der Waals surface area contributed by atoms with Crippen molar-refractivity contribution in [2.75, 3.05) is 35.3 Å². The van der Waals surface area contributed by atoms with Gasteiger partial charge in [0.1, 0.15) is 0 Å². The largest absolute Gasteiger partial charge is 0.371 e. The van der Waals surface area contributed by atoms with Crippen LogP contribution in [0.1, 0.15) is 30.4 Å². The van der Waals surface area contributed by atoms with Crippen LogP contribution in [0.2, 0.25) is 10.0 Å². The molecule has 1 unspecified atom stereocenters. The second-order valence-electron chi connectivity index (χ2n) is 10.2. The van der Waals surface area contributed by atoms with Crippen molar-refractivity contribution in [3.05, 3.63) is 100 Å². The van der Waals surface area contributed by atoms with Gasteiger partial charge in [-0.2, -0.15) is 0 Å². The maximum absolute atomic E-state index is 13.7. The average molecular weight is 603 g/mol. The van der Waals surface area contributed by atoms with Gasteiger partial charge in [-0.25, -0.2) is 4.99 Å². The summed E-state index contributed by atoms with van der Waals surface area (Å²) in [6, 6.07) is 25.3. The van der Waals surface area contributed by atoms with E-state index >= 15 is 0 Å². The Bertz CT molecular complexity index is 1680. The number of benzene rings is 4. The number of aliphatic imine (C=N–C) groups is 1. The summed E-state index contributed by atoms with van der Waals surface area (Å²) in [6.07, 6.45) is 2.70. The average Bonchev–Trinajstić information content (AvgIpc) is 3.08. The molecule has 1 saturated heterocycles. The van der Waals surface area contributed by atoms with E-state index in [9.17, 15) is 4.79 Å². The third-order valence-electron chi connectivity index (χ3n) is 7.64. The van der Waals surface area contributed by atoms with Crippen molar-refractivity contribution in [3.8, 4) is 0 Å². The van der Waals surface area contributed by atoms with E-state index in [2.05, 4.69) is 45.9 Å². The smallest absolute Gasteiger partial charge is 0.272 e. The van der Waals surface area contributed by atoms with Crippen LogP contribution in [-0.4, -0.2) is 43.0 Å². The number of nitrogens with one attached hydrogen (secondary N) is 2. The zero-order valence-electron chi connectivity index (χ0n) is 22.5. The molecule has 1 amide bonds. The SMILES string of the molecule is CN1C(=O)C(NC(=S)Nc2ccc(N3CCCCC3)c3ccccc23)N=C(c2ccccc2Cl)c2cc(Cl)ccc21. The summed E-state index contributed by atoms with van der Waals surface area (Å²) in [5.41, 5.74) is 4.74. The highest BCUT2D eigenvalue weighted by atomic mass is 35.5. The zero-order valence-corrected chi connectivity index (χ0v) is 24.9. The lowest BCUT2D eigenvalue weighted by Crippen LogP contribution is -2.47. The predicted octanol–water partition coefficient (Wildman–Crippen LogP) is 7.26. The molecule has 1 fully saturated rings. The molecule has 0 spiro atoms. The van der Waals surface area contributed by atoms with Crippen LogP contribution in [0.5, 0.6) is 0 Å². The molecule has 0 radical (unpaired) electrons. The van der Waals surface area contributed by atoms with E-state index in [-0.39, 0.29) is 5.91 Å². The Hall–Kier alpha value is -3.65. The highest BCUT2D eigenvalue weighted by Gasteiger charge is 2.31. The molecule has 208 valence electrons. The summed E-state index contributed by atoms with van der Waals surface area (Å²) in [4.78, 5) is 22.6. The number of nitrogens with zero attached hydrogens (tertiary/aromatic N) is 3. The minimum Gasteiger partial charge on any atom is -0.371 e. The third-order valence-corrected chi connectivity index (χ3v) is 8.43. The molecule has 41 heavy (non-hydrogen) atoms. The molecular weight excluding hydrogens is 573 g/mol. The number of halogens is 2. The van der Waals surface area contributed by atoms with Crippen molar-refractivity contribution in [3.63, 3.8) is 0 Å². The van der Waals surface area contributed by atoms with E-state index in [4.69, 9.17) is 40.4 Å². The van der Waals surface area contributed by atoms with Crippen molar-refractivity contribution >= 4 is 80.0 Å². The molecule has 2 heterocycles. The molecule has 0 aromatic heterocycles. The van der Waals surface area contributed by atoms with Gasteiger partial charge in [0.25, 0.3) is 5.91 Å². The molecule has 2 aliphatic heterocycles. The molecule has 2 N–H and O–H groups in total. The number of benzodiazepines with no additional fused rings is 1. The molecule has 2 aliphatic rings. The fraction of sp³-hybridized carbons (Fsp3) is 0.219. The zero-order chi connectivity index (χ0) is 28.5. The number of piperidine rings is 1. The number of amides is 1. The molecule has 4 aromatic carbocycles. The monoisotopic (exact) mass is 601 g/mol. The number of anilines is 3. The van der Waals surface area contributed by atoms with E-state index < -0.39 is 6.17 Å². The standard InChI is InChI=1S/C32H29Cl2N5OS/c1-38-27-15-13-20(33)19-24(27)29(23-11-5-6-12-25(23)34)36-30(31(38)40)37-32(41)35-26-14-16-28(39-17-7-2-8-18-39)22-10-4-3-9-21(22)26/h3-6,9-16,19,30H,2,7-8,17-18H2,1H3,(H2,35,37,41). The summed E-state index contributed by atoms with van der Waals surface area (Å²) < 4.78 is 0. The van der Waals surface area contributed by atoms with Crippen molar-refractivity contribution in [1.29, 1.82) is 0 Å². The van der Waals surface area contributed by atoms with Crippen LogP contribution >= 0.6 is 35.4 Å². The Balaban J connectivity index is 1.33. The number of rotatable bonds is 4. The number of likely N-dealkylation sites (N-methyl/N-ethyl adjacent to an activating group) is 1. The van der Waals surface area contributed by atoms with E-state index in [0.29, 0.717) is 37.7 Å². The van der Waals surface area contributed by atoms with Gasteiger partial charge in [-0.3, -0.25) is 4.79 Å². The molecule has 0 aliphatic carbocycles. The summed E-state index contributed by atoms with van der Waals surface area (Å²) >= 11 is 18.7. The Morgan fingerprint density at radius 1 is 0.878 bits per heavy atom. The van der Waals surface area contributed by atoms with Crippen molar-refractivity contribution in [1.82, 2.24) is 5.32 Å². The lowest BCUT2D eigenvalue weighted by molar-refractivity contribution is -0.119. The van der Waals surface area contributed by atoms with Crippen LogP contribution < -0.4 is 20.4 Å². The molecule has 0 bridgehead atoms. The fourth-order valence-electron chi connectivity index (χ4n) is 5.59. The number of fused-ring (bicyclic) bond motifs is 2. The van der Waals surface area contributed by atoms with Gasteiger partial charge in [0.05, 0.1) is 11.4 Å². The van der Waals surface area contributed by atoms with Gasteiger partial charge in [-0.15, -0.1) is 0 Å². The van der Waals surface area contributed by atoms with Gasteiger partial charge >= 0.3 is 0 Å². The van der Waals surface area contributed by atoms with Crippen LogP contribution in [0.25, 0.3) is 10.8 Å². The first-order valence-corrected chi connectivity index (χ1v) is 14.8. The van der Waals surface area contributed by atoms with Crippen molar-refractivity contribution in [2.45, 2.75) is 25.4 Å². The maximum Gasteiger partial charge on any atom is 0.272 e. The van der Waals surface area contributed by atoms with E-state index in [0.717, 1.165) is 24.2 Å². The van der Waals surface area contributed by atoms with Crippen molar-refractivity contribution < 1.29 is 4.79 Å². The molecule has 6 nitrogen and oxygen atoms in total. The minimum atomic E-state index is -0.990. The molecule has 9 heteroatoms. The van der Waals surface area contributed by atoms with Crippen LogP contribution in [0.15, 0.2) is 83.9 Å². The first-order valence-electron chi connectivity index (χ1n) is 13.6. The van der Waals surface area contributed by atoms with Gasteiger partial charge < -0.3 is 20.4 Å². The van der Waals surface area contributed by atoms with E-state index in [1.54, 1.807) is 30.1 Å². The molecular formula is C32H29Cl2N5OS. The van der Waals surface area contributed by atoms with E-state index in [1.165, 1.54) is 30.3 Å². The predicted molar refractivity (Wildman–Crippen MR) is 175 cm³/mol. The van der Waals surface area contributed by atoms with Gasteiger partial charge in [0, 0.05) is 63.5 Å². The van der Waals surface area contributed by atoms with Crippen molar-refractivity contribution in [2.24, 2.45) is 4.99 Å². The maximum atomic E-state index is 13.7. The molecule has 4 aromatic rings. The van der Waals surface area contributed by atoms with Crippen LogP contribution in [0.4, 0.5) is 17.1 Å². The Labute approximate surface area is 255 Å². The highest BCUT2D eigenvalue weighted by Crippen LogP contribution is 2.34. The highest BCUT2D eigenvalue weighted by molar-refractivity contribution is 7.80. The molecule has 0 saturated carbocycles. The third kappa shape index (κ3) is 5.49. The Morgan fingerprint density at radius 3 is 2.37 bits per heavy atom. The quantitative estimate of drug-likeness (QED) is 0.241. The second-order valence-corrected chi connectivity index (χ2v) is 11.5. The summed E-state index contributed by atoms with van der Waals surface area (Å²) in [6.45, 7) is 2.13. The van der Waals surface area contributed by atoms with Crippen LogP contribution in [0.3, 0.4) is 0 Å². The van der Waals surface area contributed by atoms with E-state index in [1.807, 2.05) is 30.3 Å². The van der Waals surface area contributed by atoms with Crippen LogP contribution in [-0.2, 0) is 4.79 Å². The Morgan fingerprint density at radius 2 is 1.59 bits per heavy atom. The fourth-order valence-corrected chi connectivity index (χ4v) is 6.21. The normalized spacial score (nSPS) is 17.1. The molecule has 1 atom stereocenters. The first-order chi connectivity index (χ1) is 19.9. The first kappa shape index (κ1) is 27.5. The van der Waals surface area contributed by atoms with Gasteiger partial charge in [-0.1, -0.05) is 65.7 Å². The summed E-state index contributed by atoms with van der Waals surface area (Å²) in [7, 11) is 1.72. The summed E-state index contributed by atoms with van der Waals surface area (Å²) in [5.74, 6) is -0.259. The van der Waals surface area contributed by atoms with Gasteiger partial charge in [0.15, 0.2) is 5.11 Å². The topological polar surface area (TPSA) is 60.0 Å². The number of carbonyl (C=O) groups excluding carboxylic acids is 1. The number of hydrogen-bond acceptors (Lipinski definition) is 4. The van der Waals surface area contributed by atoms with Gasteiger partial charge in [0.2, 0.25) is 6.17 Å². The number of thiocarbonyl (C=S) groups is 1. The lowest BCUT2D eigenvalue weighted by atomic mass is 10.00. The molecule has 6 rings (SSSR count). The second kappa shape index (κ2) is 11.7. The Kier molecular flexibility index (Phi) is 7.84. The minimum absolute atomic E-state index is 0.259. The number of hydrogen-bond donors (Lipinski definition) is 2. The number of carbonyl (C=O) groups is 1. The lowest BCUT2D eigenvalue weighted by Gasteiger charge is -2.30. The summed E-state index contributed by atoms with van der Waals surface area (Å²) in [5, 5.41) is 10.1. The van der Waals surface area contributed by atoms with Gasteiger partial charge in [-0.05, 0) is 67.9 Å².